The normalized spacial score (nSPS) is 15.5. The third kappa shape index (κ3) is 5.71. The van der Waals surface area contributed by atoms with E-state index < -0.39 is 11.9 Å². The third-order valence-corrected chi connectivity index (χ3v) is 5.94. The van der Waals surface area contributed by atoms with E-state index in [1.54, 1.807) is 40.9 Å². The first-order valence-corrected chi connectivity index (χ1v) is 11.7. The third-order valence-electron chi connectivity index (χ3n) is 4.97. The zero-order valence-electron chi connectivity index (χ0n) is 17.7. The lowest BCUT2D eigenvalue weighted by Gasteiger charge is -2.17. The molecule has 33 heavy (non-hydrogen) atoms. The van der Waals surface area contributed by atoms with Crippen LogP contribution < -0.4 is 16.0 Å². The Labute approximate surface area is 199 Å². The van der Waals surface area contributed by atoms with Crippen molar-refractivity contribution in [3.8, 4) is 0 Å². The van der Waals surface area contributed by atoms with E-state index in [2.05, 4.69) is 20.3 Å². The molecule has 9 nitrogen and oxygen atoms in total. The monoisotopic (exact) mass is 484 g/mol. The van der Waals surface area contributed by atoms with E-state index in [0.29, 0.717) is 10.7 Å². The number of carbonyl (C=O) groups excluding carboxylic acids is 2. The molecule has 1 unspecified atom stereocenters. The van der Waals surface area contributed by atoms with E-state index in [0.717, 1.165) is 10.6 Å². The Morgan fingerprint density at radius 3 is 2.79 bits per heavy atom. The smallest absolute Gasteiger partial charge is 0.311 e. The Bertz CT molecular complexity index is 1180. The molecule has 1 aliphatic rings. The lowest BCUT2D eigenvalue weighted by atomic mass is 10.1. The van der Waals surface area contributed by atoms with Crippen LogP contribution in [-0.2, 0) is 20.9 Å². The molecule has 11 heteroatoms. The molecule has 2 aromatic carbocycles. The number of esters is 1. The molecule has 170 valence electrons. The van der Waals surface area contributed by atoms with Crippen molar-refractivity contribution in [3.05, 3.63) is 59.4 Å². The van der Waals surface area contributed by atoms with Gasteiger partial charge in [0.1, 0.15) is 0 Å². The molecule has 0 spiro atoms. The second kappa shape index (κ2) is 10.1. The maximum atomic E-state index is 12.6. The van der Waals surface area contributed by atoms with Gasteiger partial charge in [-0.15, -0.1) is 11.8 Å². The molecule has 0 bridgehead atoms. The number of thioether (sulfide) groups is 1. The van der Waals surface area contributed by atoms with Crippen LogP contribution in [0.4, 0.5) is 23.3 Å². The van der Waals surface area contributed by atoms with Crippen LogP contribution >= 0.6 is 23.4 Å². The topological polar surface area (TPSA) is 123 Å². The average molecular weight is 485 g/mol. The van der Waals surface area contributed by atoms with Crippen molar-refractivity contribution in [3.63, 3.8) is 0 Å². The summed E-state index contributed by atoms with van der Waals surface area (Å²) in [5.41, 5.74) is 7.25. The Kier molecular flexibility index (Phi) is 6.95. The molecule has 1 aliphatic heterocycles. The van der Waals surface area contributed by atoms with Crippen molar-refractivity contribution in [1.82, 2.24) is 15.0 Å². The molecule has 0 aliphatic carbocycles. The summed E-state index contributed by atoms with van der Waals surface area (Å²) in [6, 6.07) is 14.6. The molecule has 0 saturated carbocycles. The van der Waals surface area contributed by atoms with Crippen molar-refractivity contribution in [2.75, 3.05) is 28.8 Å². The number of benzene rings is 2. The van der Waals surface area contributed by atoms with Gasteiger partial charge in [-0.25, -0.2) is 0 Å². The number of nitrogens with one attached hydrogen (secondary N) is 1. The molecule has 1 atom stereocenters. The number of ether oxygens (including phenoxy) is 1. The summed E-state index contributed by atoms with van der Waals surface area (Å²) in [5, 5.41) is 3.60. The quantitative estimate of drug-likeness (QED) is 0.381. The Balaban J connectivity index is 1.38. The highest BCUT2D eigenvalue weighted by atomic mass is 35.5. The minimum absolute atomic E-state index is 0.0107. The average Bonchev–Trinajstić information content (AvgIpc) is 3.20. The van der Waals surface area contributed by atoms with E-state index in [1.165, 1.54) is 0 Å². The van der Waals surface area contributed by atoms with Gasteiger partial charge in [0.2, 0.25) is 17.8 Å². The van der Waals surface area contributed by atoms with Gasteiger partial charge in [-0.1, -0.05) is 17.7 Å². The zero-order valence-corrected chi connectivity index (χ0v) is 19.3. The van der Waals surface area contributed by atoms with E-state index in [4.69, 9.17) is 22.1 Å². The van der Waals surface area contributed by atoms with Crippen molar-refractivity contribution in [2.45, 2.75) is 17.9 Å². The number of amides is 1. The molecule has 0 radical (unpaired) electrons. The summed E-state index contributed by atoms with van der Waals surface area (Å²) in [7, 11) is 0. The molecule has 1 aromatic heterocycles. The zero-order chi connectivity index (χ0) is 23.4. The van der Waals surface area contributed by atoms with Gasteiger partial charge in [0.25, 0.3) is 0 Å². The summed E-state index contributed by atoms with van der Waals surface area (Å²) in [4.78, 5) is 40.1. The van der Waals surface area contributed by atoms with Gasteiger partial charge >= 0.3 is 5.97 Å². The predicted octanol–water partition coefficient (Wildman–Crippen LogP) is 3.67. The van der Waals surface area contributed by atoms with Crippen LogP contribution in [-0.4, -0.2) is 39.6 Å². The summed E-state index contributed by atoms with van der Waals surface area (Å²) in [6.07, 6.45) is 2.06. The van der Waals surface area contributed by atoms with Crippen LogP contribution in [0.15, 0.2) is 53.4 Å². The van der Waals surface area contributed by atoms with Gasteiger partial charge in [0, 0.05) is 34.3 Å². The molecule has 3 aromatic rings. The van der Waals surface area contributed by atoms with Crippen LogP contribution in [0, 0.1) is 5.92 Å². The van der Waals surface area contributed by atoms with E-state index in [-0.39, 0.29) is 43.2 Å². The highest BCUT2D eigenvalue weighted by molar-refractivity contribution is 7.98. The minimum atomic E-state index is -0.568. The van der Waals surface area contributed by atoms with Crippen molar-refractivity contribution >= 4 is 58.5 Å². The predicted molar refractivity (Wildman–Crippen MR) is 127 cm³/mol. The van der Waals surface area contributed by atoms with E-state index in [9.17, 15) is 9.59 Å². The summed E-state index contributed by atoms with van der Waals surface area (Å²) < 4.78 is 5.39. The summed E-state index contributed by atoms with van der Waals surface area (Å²) >= 11 is 7.48. The first-order valence-electron chi connectivity index (χ1n) is 10.1. The van der Waals surface area contributed by atoms with Gasteiger partial charge in [-0.3, -0.25) is 9.59 Å². The van der Waals surface area contributed by atoms with Gasteiger partial charge in [-0.05, 0) is 48.7 Å². The fraction of sp³-hybridized carbons (Fsp3) is 0.227. The minimum Gasteiger partial charge on any atom is -0.457 e. The first kappa shape index (κ1) is 22.8. The maximum absolute atomic E-state index is 12.6. The summed E-state index contributed by atoms with van der Waals surface area (Å²) in [5.74, 6) is -0.773. The second-order valence-corrected chi connectivity index (χ2v) is 8.60. The number of aromatic nitrogens is 3. The Morgan fingerprint density at radius 1 is 1.24 bits per heavy atom. The first-order chi connectivity index (χ1) is 15.9. The van der Waals surface area contributed by atoms with Gasteiger partial charge in [0.05, 0.1) is 5.92 Å². The molecule has 1 fully saturated rings. The second-order valence-electron chi connectivity index (χ2n) is 7.28. The van der Waals surface area contributed by atoms with Gasteiger partial charge in [-0.2, -0.15) is 15.0 Å². The molecule has 1 amide bonds. The molecular formula is C22H21ClN6O3S. The Morgan fingerprint density at radius 2 is 2.03 bits per heavy atom. The van der Waals surface area contributed by atoms with Crippen LogP contribution in [0.25, 0.3) is 0 Å². The number of hydrogen-bond acceptors (Lipinski definition) is 9. The van der Waals surface area contributed by atoms with Crippen LogP contribution in [0.1, 0.15) is 12.2 Å². The van der Waals surface area contributed by atoms with E-state index >= 15 is 0 Å². The standard InChI is InChI=1S/C22H21ClN6O3S/c1-33-17-4-2-3-16(10-17)29-11-13(9-19(29)30)20(31)32-12-18-26-21(24)28-22(27-18)25-15-7-5-14(23)6-8-15/h2-8,10,13H,9,11-12H2,1H3,(H3,24,25,26,27,28). The molecule has 4 rings (SSSR count). The van der Waals surface area contributed by atoms with Crippen LogP contribution in [0.2, 0.25) is 5.02 Å². The number of rotatable bonds is 7. The summed E-state index contributed by atoms with van der Waals surface area (Å²) in [6.45, 7) is 0.0751. The lowest BCUT2D eigenvalue weighted by molar-refractivity contribution is -0.149. The number of hydrogen-bond donors (Lipinski definition) is 2. The molecule has 2 heterocycles. The van der Waals surface area contributed by atoms with Crippen molar-refractivity contribution < 1.29 is 14.3 Å². The Hall–Kier alpha value is -3.37. The largest absolute Gasteiger partial charge is 0.457 e. The number of nitrogen functional groups attached to an aromatic ring is 1. The molecular weight excluding hydrogens is 464 g/mol. The SMILES string of the molecule is CSc1cccc(N2CC(C(=O)OCc3nc(N)nc(Nc4ccc(Cl)cc4)n3)CC2=O)c1. The number of anilines is 4. The van der Waals surface area contributed by atoms with E-state index in [1.807, 2.05) is 30.5 Å². The maximum Gasteiger partial charge on any atom is 0.311 e. The number of nitrogens with zero attached hydrogens (tertiary/aromatic N) is 4. The van der Waals surface area contributed by atoms with Crippen molar-refractivity contribution in [1.29, 1.82) is 0 Å². The van der Waals surface area contributed by atoms with Gasteiger partial charge in [0.15, 0.2) is 12.4 Å². The highest BCUT2D eigenvalue weighted by Crippen LogP contribution is 2.29. The number of carbonyl (C=O) groups is 2. The molecule has 1 saturated heterocycles. The van der Waals surface area contributed by atoms with Crippen LogP contribution in [0.5, 0.6) is 0 Å². The number of halogens is 1. The number of nitrogens with two attached hydrogens (primary N) is 1. The van der Waals surface area contributed by atoms with Crippen molar-refractivity contribution in [2.24, 2.45) is 5.92 Å². The fourth-order valence-corrected chi connectivity index (χ4v) is 3.95. The van der Waals surface area contributed by atoms with Gasteiger partial charge < -0.3 is 20.7 Å². The van der Waals surface area contributed by atoms with Crippen LogP contribution in [0.3, 0.4) is 0 Å². The molecule has 3 N–H and O–H groups in total. The fourth-order valence-electron chi connectivity index (χ4n) is 3.37. The lowest BCUT2D eigenvalue weighted by Crippen LogP contribution is -2.26. The highest BCUT2D eigenvalue weighted by Gasteiger charge is 2.36.